The van der Waals surface area contributed by atoms with E-state index in [1.54, 1.807) is 0 Å². The molecule has 0 aromatic heterocycles. The number of likely N-dealkylation sites (tertiary alicyclic amines) is 1. The normalized spacial score (nSPS) is 41.0. The Morgan fingerprint density at radius 3 is 2.58 bits per heavy atom. The lowest BCUT2D eigenvalue weighted by atomic mass is 9.96. The monoisotopic (exact) mass is 191 g/mol. The van der Waals surface area contributed by atoms with Gasteiger partial charge in [0.15, 0.2) is 0 Å². The molecule has 0 amide bonds. The highest BCUT2D eigenvalue weighted by Crippen LogP contribution is 2.37. The van der Waals surface area contributed by atoms with Gasteiger partial charge in [-0.15, -0.1) is 12.4 Å². The van der Waals surface area contributed by atoms with Gasteiger partial charge in [0.05, 0.1) is 6.10 Å². The molecule has 1 aliphatic carbocycles. The van der Waals surface area contributed by atoms with E-state index in [4.69, 9.17) is 4.74 Å². The summed E-state index contributed by atoms with van der Waals surface area (Å²) in [6.45, 7) is 1.27. The molecule has 2 rings (SSSR count). The number of piperidine rings is 1. The van der Waals surface area contributed by atoms with Crippen molar-refractivity contribution < 1.29 is 4.74 Å². The van der Waals surface area contributed by atoms with Gasteiger partial charge in [0.2, 0.25) is 0 Å². The van der Waals surface area contributed by atoms with Gasteiger partial charge in [0, 0.05) is 13.2 Å². The van der Waals surface area contributed by atoms with Crippen LogP contribution in [-0.2, 0) is 4.74 Å². The summed E-state index contributed by atoms with van der Waals surface area (Å²) in [7, 11) is 4.08. The summed E-state index contributed by atoms with van der Waals surface area (Å²) in [5.41, 5.74) is 0. The van der Waals surface area contributed by atoms with Gasteiger partial charge in [-0.25, -0.2) is 0 Å². The predicted molar refractivity (Wildman–Crippen MR) is 51.8 cm³/mol. The van der Waals surface area contributed by atoms with Gasteiger partial charge in [-0.3, -0.25) is 0 Å². The molecule has 0 aromatic carbocycles. The average Bonchev–Trinajstić information content (AvgIpc) is 2.34. The Kier molecular flexibility index (Phi) is 3.38. The van der Waals surface area contributed by atoms with E-state index in [2.05, 4.69) is 11.9 Å². The second kappa shape index (κ2) is 3.95. The number of hydrogen-bond acceptors (Lipinski definition) is 2. The molecule has 72 valence electrons. The molecule has 2 bridgehead atoms. The van der Waals surface area contributed by atoms with E-state index in [1.165, 1.54) is 25.8 Å². The van der Waals surface area contributed by atoms with Gasteiger partial charge < -0.3 is 9.64 Å². The molecule has 0 radical (unpaired) electrons. The lowest BCUT2D eigenvalue weighted by Gasteiger charge is -2.36. The Morgan fingerprint density at radius 2 is 2.00 bits per heavy atom. The van der Waals surface area contributed by atoms with Crippen LogP contribution in [0.3, 0.4) is 0 Å². The topological polar surface area (TPSA) is 12.5 Å². The number of methoxy groups -OCH3 is 1. The number of hydrogen-bond donors (Lipinski definition) is 0. The van der Waals surface area contributed by atoms with Gasteiger partial charge in [-0.1, -0.05) is 0 Å². The van der Waals surface area contributed by atoms with Crippen molar-refractivity contribution in [2.24, 2.45) is 5.92 Å². The van der Waals surface area contributed by atoms with E-state index in [0.717, 1.165) is 12.0 Å². The van der Waals surface area contributed by atoms with E-state index in [-0.39, 0.29) is 12.4 Å². The molecular weight excluding hydrogens is 174 g/mol. The smallest absolute Gasteiger partial charge is 0.0754 e. The predicted octanol–water partition coefficient (Wildman–Crippen LogP) is 1.54. The average molecular weight is 192 g/mol. The first-order chi connectivity index (χ1) is 5.33. The van der Waals surface area contributed by atoms with Crippen molar-refractivity contribution in [3.05, 3.63) is 0 Å². The van der Waals surface area contributed by atoms with E-state index in [1.807, 2.05) is 7.11 Å². The summed E-state index contributed by atoms with van der Waals surface area (Å²) < 4.78 is 5.51. The van der Waals surface area contributed by atoms with Crippen LogP contribution in [0.1, 0.15) is 19.3 Å². The number of ether oxygens (including phenoxy) is 1. The molecule has 1 heterocycles. The Bertz CT molecular complexity index is 153. The summed E-state index contributed by atoms with van der Waals surface area (Å²) in [4.78, 5) is 2.46. The molecule has 3 unspecified atom stereocenters. The highest BCUT2D eigenvalue weighted by atomic mass is 35.5. The first-order valence-electron chi connectivity index (χ1n) is 4.56. The van der Waals surface area contributed by atoms with Gasteiger partial charge >= 0.3 is 0 Å². The minimum atomic E-state index is 0. The molecule has 0 aromatic rings. The summed E-state index contributed by atoms with van der Waals surface area (Å²) >= 11 is 0. The maximum atomic E-state index is 5.51. The van der Waals surface area contributed by atoms with Crippen molar-refractivity contribution in [2.75, 3.05) is 20.7 Å². The van der Waals surface area contributed by atoms with Gasteiger partial charge in [0.25, 0.3) is 0 Å². The molecule has 0 spiro atoms. The number of fused-ring (bicyclic) bond motifs is 2. The molecular formula is C9H18ClNO. The Labute approximate surface area is 80.7 Å². The van der Waals surface area contributed by atoms with Crippen LogP contribution in [0.4, 0.5) is 0 Å². The molecule has 12 heavy (non-hydrogen) atoms. The van der Waals surface area contributed by atoms with Crippen molar-refractivity contribution >= 4 is 12.4 Å². The van der Waals surface area contributed by atoms with Crippen molar-refractivity contribution in [2.45, 2.75) is 31.4 Å². The second-order valence-corrected chi connectivity index (χ2v) is 3.87. The molecule has 3 atom stereocenters. The summed E-state index contributed by atoms with van der Waals surface area (Å²) in [6.07, 6.45) is 4.60. The van der Waals surface area contributed by atoms with Crippen LogP contribution in [0.2, 0.25) is 0 Å². The molecule has 0 N–H and O–H groups in total. The second-order valence-electron chi connectivity index (χ2n) is 3.87. The third kappa shape index (κ3) is 1.48. The van der Waals surface area contributed by atoms with Crippen LogP contribution < -0.4 is 0 Å². The van der Waals surface area contributed by atoms with E-state index < -0.39 is 0 Å². The maximum Gasteiger partial charge on any atom is 0.0754 e. The Morgan fingerprint density at radius 1 is 1.25 bits per heavy atom. The fourth-order valence-corrected chi connectivity index (χ4v) is 2.69. The molecule has 3 heteroatoms. The fourth-order valence-electron chi connectivity index (χ4n) is 2.69. The quantitative estimate of drug-likeness (QED) is 0.624. The van der Waals surface area contributed by atoms with Gasteiger partial charge in [0.1, 0.15) is 0 Å². The van der Waals surface area contributed by atoms with Crippen LogP contribution in [0.25, 0.3) is 0 Å². The zero-order chi connectivity index (χ0) is 7.84. The summed E-state index contributed by atoms with van der Waals surface area (Å²) in [6, 6.07) is 0.721. The highest BCUT2D eigenvalue weighted by molar-refractivity contribution is 5.85. The Hall–Kier alpha value is 0.210. The van der Waals surface area contributed by atoms with Crippen LogP contribution in [0, 0.1) is 5.92 Å². The molecule has 2 aliphatic rings. The van der Waals surface area contributed by atoms with E-state index in [0.29, 0.717) is 6.10 Å². The summed E-state index contributed by atoms with van der Waals surface area (Å²) in [5, 5.41) is 0. The van der Waals surface area contributed by atoms with Crippen LogP contribution in [0.5, 0.6) is 0 Å². The number of nitrogens with zero attached hydrogens (tertiary/aromatic N) is 1. The first-order valence-corrected chi connectivity index (χ1v) is 4.56. The molecule has 2 fully saturated rings. The van der Waals surface area contributed by atoms with Crippen molar-refractivity contribution in [1.29, 1.82) is 0 Å². The van der Waals surface area contributed by atoms with Gasteiger partial charge in [-0.05, 0) is 38.8 Å². The molecule has 1 saturated heterocycles. The molecule has 1 aliphatic heterocycles. The largest absolute Gasteiger partial charge is 0.380 e. The number of rotatable bonds is 1. The number of halogens is 1. The Balaban J connectivity index is 0.000000720. The van der Waals surface area contributed by atoms with Crippen LogP contribution in [0.15, 0.2) is 0 Å². The summed E-state index contributed by atoms with van der Waals surface area (Å²) in [5.74, 6) is 0.862. The lowest BCUT2D eigenvalue weighted by molar-refractivity contribution is -0.0132. The highest BCUT2D eigenvalue weighted by Gasteiger charge is 2.41. The molecule has 2 nitrogen and oxygen atoms in total. The van der Waals surface area contributed by atoms with Crippen LogP contribution >= 0.6 is 12.4 Å². The standard InChI is InChI=1S/C9H17NO.ClH/c1-10-6-5-7-3-4-8(10)9(7)11-2;/h7-9H,3-6H2,1-2H3;1H. The number of likely N-dealkylation sites (N-methyl/N-ethyl adjacent to an activating group) is 1. The third-order valence-electron chi connectivity index (χ3n) is 3.37. The van der Waals surface area contributed by atoms with Crippen LogP contribution in [-0.4, -0.2) is 37.7 Å². The first kappa shape index (κ1) is 10.3. The molecule has 1 saturated carbocycles. The van der Waals surface area contributed by atoms with E-state index >= 15 is 0 Å². The zero-order valence-corrected chi connectivity index (χ0v) is 8.64. The van der Waals surface area contributed by atoms with Crippen molar-refractivity contribution in [1.82, 2.24) is 4.90 Å². The zero-order valence-electron chi connectivity index (χ0n) is 7.82. The van der Waals surface area contributed by atoms with Gasteiger partial charge in [-0.2, -0.15) is 0 Å². The minimum Gasteiger partial charge on any atom is -0.380 e. The lowest BCUT2D eigenvalue weighted by Crippen LogP contribution is -2.46. The third-order valence-corrected chi connectivity index (χ3v) is 3.37. The maximum absolute atomic E-state index is 5.51. The SMILES string of the molecule is COC1C2CCC1N(C)CC2.Cl. The fraction of sp³-hybridized carbons (Fsp3) is 1.00. The minimum absolute atomic E-state index is 0. The van der Waals surface area contributed by atoms with E-state index in [9.17, 15) is 0 Å². The van der Waals surface area contributed by atoms with Crippen molar-refractivity contribution in [3.63, 3.8) is 0 Å². The van der Waals surface area contributed by atoms with Crippen molar-refractivity contribution in [3.8, 4) is 0 Å².